The predicted octanol–water partition coefficient (Wildman–Crippen LogP) is 3.05. The van der Waals surface area contributed by atoms with Gasteiger partial charge in [0.15, 0.2) is 0 Å². The molecular weight excluding hydrogens is 434 g/mol. The van der Waals surface area contributed by atoms with Crippen LogP contribution in [0, 0.1) is 13.8 Å². The summed E-state index contributed by atoms with van der Waals surface area (Å²) in [7, 11) is 0. The van der Waals surface area contributed by atoms with Gasteiger partial charge in [0.1, 0.15) is 17.7 Å². The summed E-state index contributed by atoms with van der Waals surface area (Å²) in [6.07, 6.45) is 2.54. The zero-order valence-electron chi connectivity index (χ0n) is 19.9. The number of nitrogens with one attached hydrogen (secondary N) is 1. The van der Waals surface area contributed by atoms with E-state index in [1.807, 2.05) is 37.5 Å². The molecule has 0 saturated carbocycles. The number of benzene rings is 1. The second kappa shape index (κ2) is 10.2. The number of hydrogen-bond donors (Lipinski definition) is 2. The van der Waals surface area contributed by atoms with Gasteiger partial charge in [0, 0.05) is 30.4 Å². The second-order valence-electron chi connectivity index (χ2n) is 8.76. The summed E-state index contributed by atoms with van der Waals surface area (Å²) in [5.41, 5.74) is 4.46. The van der Waals surface area contributed by atoms with Crippen LogP contribution in [0.5, 0.6) is 5.75 Å². The third-order valence-electron chi connectivity index (χ3n) is 6.18. The number of fused-ring (bicyclic) bond motifs is 1. The Morgan fingerprint density at radius 3 is 2.71 bits per heavy atom. The molecular formula is C25H31N5O4. The normalized spacial score (nSPS) is 14.9. The zero-order chi connectivity index (χ0) is 24.2. The number of carbonyl (C=O) groups is 2. The number of imidazole rings is 1. The molecule has 1 aliphatic heterocycles. The van der Waals surface area contributed by atoms with Crippen LogP contribution in [0.25, 0.3) is 11.0 Å². The molecule has 0 amide bonds. The number of hydrogen-bond acceptors (Lipinski definition) is 8. The Kier molecular flexibility index (Phi) is 7.12. The van der Waals surface area contributed by atoms with Crippen LogP contribution in [0.1, 0.15) is 47.1 Å². The number of anilines is 1. The van der Waals surface area contributed by atoms with Gasteiger partial charge in [-0.25, -0.2) is 4.98 Å². The number of likely N-dealkylation sites (tertiary alicyclic amines) is 1. The van der Waals surface area contributed by atoms with E-state index in [1.54, 1.807) is 12.1 Å². The van der Waals surface area contributed by atoms with Crippen LogP contribution in [0.4, 0.5) is 5.95 Å². The largest absolute Gasteiger partial charge is 0.506 e. The molecule has 2 aromatic heterocycles. The number of piperidine rings is 1. The van der Waals surface area contributed by atoms with Gasteiger partial charge in [0.05, 0.1) is 30.7 Å². The second-order valence-corrected chi connectivity index (χ2v) is 8.76. The number of carbonyl (C=O) groups excluding carboxylic acids is 2. The Hall–Kier alpha value is -3.46. The average molecular weight is 466 g/mol. The molecule has 9 nitrogen and oxygen atoms in total. The first-order valence-corrected chi connectivity index (χ1v) is 11.6. The summed E-state index contributed by atoms with van der Waals surface area (Å²) >= 11 is 0. The van der Waals surface area contributed by atoms with Crippen molar-refractivity contribution >= 4 is 29.2 Å². The van der Waals surface area contributed by atoms with Gasteiger partial charge in [-0.3, -0.25) is 19.5 Å². The highest BCUT2D eigenvalue weighted by atomic mass is 16.5. The first-order valence-electron chi connectivity index (χ1n) is 11.6. The number of rotatable bonds is 8. The van der Waals surface area contributed by atoms with Crippen LogP contribution in [0.2, 0.25) is 0 Å². The predicted molar refractivity (Wildman–Crippen MR) is 129 cm³/mol. The topological polar surface area (TPSA) is 110 Å². The van der Waals surface area contributed by atoms with E-state index >= 15 is 0 Å². The standard InChI is InChI=1S/C25H31N5O4/c1-4-34-23(33)14-29-9-7-19(8-10-29)27-25-28-24-16(2)11-18(15-31)12-21(24)30(25)13-20-22(32)6-5-17(3)26-20/h5-6,11-12,15,19,32H,4,7-10,13-14H2,1-3H3,(H,27,28). The van der Waals surface area contributed by atoms with E-state index in [-0.39, 0.29) is 17.8 Å². The van der Waals surface area contributed by atoms with E-state index in [1.165, 1.54) is 0 Å². The van der Waals surface area contributed by atoms with Crippen molar-refractivity contribution in [3.8, 4) is 5.75 Å². The maximum atomic E-state index is 11.8. The first-order chi connectivity index (χ1) is 16.4. The lowest BCUT2D eigenvalue weighted by atomic mass is 10.1. The minimum atomic E-state index is -0.192. The third-order valence-corrected chi connectivity index (χ3v) is 6.18. The van der Waals surface area contributed by atoms with Crippen molar-refractivity contribution in [1.82, 2.24) is 19.4 Å². The molecule has 1 fully saturated rings. The number of aromatic nitrogens is 3. The Labute approximate surface area is 198 Å². The lowest BCUT2D eigenvalue weighted by Gasteiger charge is -2.31. The fraction of sp³-hybridized carbons (Fsp3) is 0.440. The van der Waals surface area contributed by atoms with Crippen molar-refractivity contribution in [2.75, 3.05) is 31.6 Å². The smallest absolute Gasteiger partial charge is 0.320 e. The molecule has 0 aliphatic carbocycles. The quantitative estimate of drug-likeness (QED) is 0.386. The van der Waals surface area contributed by atoms with E-state index in [0.717, 1.165) is 54.5 Å². The van der Waals surface area contributed by atoms with E-state index in [9.17, 15) is 14.7 Å². The molecule has 0 unspecified atom stereocenters. The molecule has 3 heterocycles. The molecule has 0 radical (unpaired) electrons. The van der Waals surface area contributed by atoms with Crippen molar-refractivity contribution in [3.63, 3.8) is 0 Å². The Balaban J connectivity index is 1.60. The number of esters is 1. The summed E-state index contributed by atoms with van der Waals surface area (Å²) in [6.45, 7) is 8.21. The van der Waals surface area contributed by atoms with Gasteiger partial charge in [-0.05, 0) is 63.4 Å². The number of nitrogens with zero attached hydrogens (tertiary/aromatic N) is 4. The van der Waals surface area contributed by atoms with Gasteiger partial charge in [-0.2, -0.15) is 0 Å². The summed E-state index contributed by atoms with van der Waals surface area (Å²) < 4.78 is 7.03. The molecule has 0 atom stereocenters. The molecule has 1 aromatic carbocycles. The zero-order valence-corrected chi connectivity index (χ0v) is 19.9. The van der Waals surface area contributed by atoms with Crippen LogP contribution < -0.4 is 5.32 Å². The molecule has 9 heteroatoms. The van der Waals surface area contributed by atoms with Gasteiger partial charge in [-0.15, -0.1) is 0 Å². The van der Waals surface area contributed by atoms with E-state index < -0.39 is 0 Å². The van der Waals surface area contributed by atoms with Gasteiger partial charge in [-0.1, -0.05) is 0 Å². The fourth-order valence-corrected chi connectivity index (χ4v) is 4.43. The number of ether oxygens (including phenoxy) is 1. The first kappa shape index (κ1) is 23.7. The number of pyridine rings is 1. The average Bonchev–Trinajstić information content (AvgIpc) is 3.15. The summed E-state index contributed by atoms with van der Waals surface area (Å²) in [5, 5.41) is 14.0. The van der Waals surface area contributed by atoms with Gasteiger partial charge >= 0.3 is 5.97 Å². The van der Waals surface area contributed by atoms with Crippen LogP contribution >= 0.6 is 0 Å². The maximum Gasteiger partial charge on any atom is 0.320 e. The molecule has 4 rings (SSSR count). The minimum Gasteiger partial charge on any atom is -0.506 e. The van der Waals surface area contributed by atoms with Gasteiger partial charge in [0.25, 0.3) is 0 Å². The van der Waals surface area contributed by atoms with Gasteiger partial charge < -0.3 is 19.7 Å². The summed E-state index contributed by atoms with van der Waals surface area (Å²) in [4.78, 5) is 34.8. The molecule has 3 aromatic rings. The van der Waals surface area contributed by atoms with E-state index in [4.69, 9.17) is 9.72 Å². The number of aldehydes is 1. The number of aromatic hydroxyl groups is 1. The molecule has 1 saturated heterocycles. The number of aryl methyl sites for hydroxylation is 2. The van der Waals surface area contributed by atoms with Crippen LogP contribution in [0.15, 0.2) is 24.3 Å². The molecule has 0 spiro atoms. The summed E-state index contributed by atoms with van der Waals surface area (Å²) in [5.74, 6) is 0.601. The molecule has 1 aliphatic rings. The summed E-state index contributed by atoms with van der Waals surface area (Å²) in [6, 6.07) is 7.24. The van der Waals surface area contributed by atoms with Crippen LogP contribution in [-0.2, 0) is 16.1 Å². The SMILES string of the molecule is CCOC(=O)CN1CCC(Nc2nc3c(C)cc(C=O)cc3n2Cc2nc(C)ccc2O)CC1. The highest BCUT2D eigenvalue weighted by Gasteiger charge is 2.24. The Bertz CT molecular complexity index is 1200. The lowest BCUT2D eigenvalue weighted by molar-refractivity contribution is -0.144. The van der Waals surface area contributed by atoms with Crippen molar-refractivity contribution in [1.29, 1.82) is 0 Å². The van der Waals surface area contributed by atoms with Crippen molar-refractivity contribution in [2.24, 2.45) is 0 Å². The Morgan fingerprint density at radius 1 is 1.24 bits per heavy atom. The van der Waals surface area contributed by atoms with Crippen molar-refractivity contribution < 1.29 is 19.4 Å². The molecule has 0 bridgehead atoms. The third kappa shape index (κ3) is 5.20. The highest BCUT2D eigenvalue weighted by Crippen LogP contribution is 2.28. The van der Waals surface area contributed by atoms with Crippen molar-refractivity contribution in [3.05, 3.63) is 46.8 Å². The highest BCUT2D eigenvalue weighted by molar-refractivity contribution is 5.89. The molecule has 180 valence electrons. The minimum absolute atomic E-state index is 0.119. The van der Waals surface area contributed by atoms with Gasteiger partial charge in [0.2, 0.25) is 5.95 Å². The maximum absolute atomic E-state index is 11.8. The van der Waals surface area contributed by atoms with Crippen LogP contribution in [0.3, 0.4) is 0 Å². The fourth-order valence-electron chi connectivity index (χ4n) is 4.43. The Morgan fingerprint density at radius 2 is 2.00 bits per heavy atom. The van der Waals surface area contributed by atoms with Crippen molar-refractivity contribution in [2.45, 2.75) is 46.2 Å². The lowest BCUT2D eigenvalue weighted by Crippen LogP contribution is -2.42. The van der Waals surface area contributed by atoms with Crippen LogP contribution in [-0.4, -0.2) is 69.1 Å². The van der Waals surface area contributed by atoms with E-state index in [0.29, 0.717) is 36.9 Å². The monoisotopic (exact) mass is 465 g/mol. The van der Waals surface area contributed by atoms with E-state index in [2.05, 4.69) is 15.2 Å². The molecule has 34 heavy (non-hydrogen) atoms. The molecule has 2 N–H and O–H groups in total.